The number of carbonyl (C=O) groups is 2. The molecule has 0 spiro atoms. The summed E-state index contributed by atoms with van der Waals surface area (Å²) in [5, 5.41) is 6.20. The lowest BCUT2D eigenvalue weighted by atomic mass is 10.0. The number of hydrogen-bond donors (Lipinski definition) is 2. The molecule has 0 saturated heterocycles. The topological polar surface area (TPSA) is 58.2 Å². The van der Waals surface area contributed by atoms with E-state index in [9.17, 15) is 9.59 Å². The van der Waals surface area contributed by atoms with Crippen LogP contribution in [0.5, 0.6) is 0 Å². The van der Waals surface area contributed by atoms with Crippen molar-refractivity contribution in [2.75, 3.05) is 10.6 Å². The first-order chi connectivity index (χ1) is 14.5. The summed E-state index contributed by atoms with van der Waals surface area (Å²) >= 11 is 0. The van der Waals surface area contributed by atoms with Crippen LogP contribution in [0.25, 0.3) is 0 Å². The highest BCUT2D eigenvalue weighted by Crippen LogP contribution is 2.24. The Kier molecular flexibility index (Phi) is 9.59. The minimum absolute atomic E-state index is 0.0237. The number of hydrogen-bond acceptors (Lipinski definition) is 2. The van der Waals surface area contributed by atoms with E-state index < -0.39 is 0 Å². The van der Waals surface area contributed by atoms with Crippen molar-refractivity contribution in [2.24, 2.45) is 0 Å². The van der Waals surface area contributed by atoms with Crippen LogP contribution >= 0.6 is 0 Å². The van der Waals surface area contributed by atoms with Crippen LogP contribution in [0.1, 0.15) is 75.6 Å². The molecule has 0 bridgehead atoms. The molecule has 0 aliphatic carbocycles. The fraction of sp³-hybridized carbons (Fsp3) is 0.462. The number of carbonyl (C=O) groups excluding carboxylic acids is 2. The standard InChI is InChI=1S/C26H36N2O2/c1-5-19-13-11-14-20(6-2)25(19)27-23(29)17-9-10-18-24(30)28-26-21(7-3)15-12-16-22(26)8-4/h11-16H,5-10,17-18H2,1-4H3,(H,27,29)(H,28,30). The van der Waals surface area contributed by atoms with Gasteiger partial charge in [-0.05, 0) is 60.8 Å². The molecule has 0 unspecified atom stereocenters. The van der Waals surface area contributed by atoms with Gasteiger partial charge in [-0.2, -0.15) is 0 Å². The van der Waals surface area contributed by atoms with Crippen LogP contribution < -0.4 is 10.6 Å². The quantitative estimate of drug-likeness (QED) is 0.443. The Morgan fingerprint density at radius 2 is 0.900 bits per heavy atom. The van der Waals surface area contributed by atoms with Crippen molar-refractivity contribution >= 4 is 23.2 Å². The summed E-state index contributed by atoms with van der Waals surface area (Å²) in [6.07, 6.45) is 5.83. The van der Waals surface area contributed by atoms with Crippen LogP contribution in [0, 0.1) is 0 Å². The van der Waals surface area contributed by atoms with E-state index in [0.29, 0.717) is 25.7 Å². The first-order valence-electron chi connectivity index (χ1n) is 11.3. The van der Waals surface area contributed by atoms with Crippen LogP contribution in [0.3, 0.4) is 0 Å². The molecule has 0 heterocycles. The highest BCUT2D eigenvalue weighted by molar-refractivity contribution is 5.93. The SMILES string of the molecule is CCc1cccc(CC)c1NC(=O)CCCCC(=O)Nc1c(CC)cccc1CC. The first-order valence-corrected chi connectivity index (χ1v) is 11.3. The van der Waals surface area contributed by atoms with Crippen LogP contribution in [0.15, 0.2) is 36.4 Å². The molecule has 4 heteroatoms. The van der Waals surface area contributed by atoms with Crippen LogP contribution in [-0.4, -0.2) is 11.8 Å². The maximum Gasteiger partial charge on any atom is 0.224 e. The summed E-state index contributed by atoms with van der Waals surface area (Å²) in [5.41, 5.74) is 6.61. The number of aryl methyl sites for hydroxylation is 4. The van der Waals surface area contributed by atoms with E-state index in [4.69, 9.17) is 0 Å². The van der Waals surface area contributed by atoms with Gasteiger partial charge in [-0.3, -0.25) is 9.59 Å². The van der Waals surface area contributed by atoms with Gasteiger partial charge in [0.15, 0.2) is 0 Å². The van der Waals surface area contributed by atoms with Crippen molar-refractivity contribution in [2.45, 2.75) is 79.1 Å². The minimum atomic E-state index is 0.0237. The van der Waals surface area contributed by atoms with E-state index >= 15 is 0 Å². The van der Waals surface area contributed by atoms with Crippen molar-refractivity contribution in [3.63, 3.8) is 0 Å². The average Bonchev–Trinajstić information content (AvgIpc) is 2.76. The van der Waals surface area contributed by atoms with Crippen molar-refractivity contribution in [1.29, 1.82) is 0 Å². The Morgan fingerprint density at radius 1 is 0.600 bits per heavy atom. The summed E-state index contributed by atoms with van der Waals surface area (Å²) in [6.45, 7) is 8.40. The zero-order valence-corrected chi connectivity index (χ0v) is 18.9. The molecule has 0 aliphatic heterocycles. The molecule has 0 radical (unpaired) electrons. The van der Waals surface area contributed by atoms with Gasteiger partial charge in [0, 0.05) is 24.2 Å². The Morgan fingerprint density at radius 3 is 1.17 bits per heavy atom. The highest BCUT2D eigenvalue weighted by atomic mass is 16.2. The Balaban J connectivity index is 1.83. The molecule has 0 atom stereocenters. The number of benzene rings is 2. The van der Waals surface area contributed by atoms with E-state index in [2.05, 4.69) is 62.6 Å². The summed E-state index contributed by atoms with van der Waals surface area (Å²) in [6, 6.07) is 12.4. The minimum Gasteiger partial charge on any atom is -0.326 e. The molecular weight excluding hydrogens is 372 g/mol. The number of anilines is 2. The second-order valence-electron chi connectivity index (χ2n) is 7.62. The normalized spacial score (nSPS) is 10.7. The molecule has 162 valence electrons. The zero-order chi connectivity index (χ0) is 21.9. The first kappa shape index (κ1) is 23.7. The third-order valence-corrected chi connectivity index (χ3v) is 5.58. The second-order valence-corrected chi connectivity index (χ2v) is 7.62. The molecule has 0 fully saturated rings. The monoisotopic (exact) mass is 408 g/mol. The third-order valence-electron chi connectivity index (χ3n) is 5.58. The lowest BCUT2D eigenvalue weighted by molar-refractivity contribution is -0.118. The van der Waals surface area contributed by atoms with E-state index in [1.165, 1.54) is 22.3 Å². The molecule has 0 saturated carbocycles. The van der Waals surface area contributed by atoms with Gasteiger partial charge in [0.1, 0.15) is 0 Å². The van der Waals surface area contributed by atoms with Crippen molar-refractivity contribution in [3.8, 4) is 0 Å². The number of unbranched alkanes of at least 4 members (excludes halogenated alkanes) is 1. The smallest absolute Gasteiger partial charge is 0.224 e. The van der Waals surface area contributed by atoms with Gasteiger partial charge in [-0.1, -0.05) is 64.1 Å². The molecule has 30 heavy (non-hydrogen) atoms. The molecule has 4 nitrogen and oxygen atoms in total. The predicted octanol–water partition coefficient (Wildman–Crippen LogP) is 6.07. The zero-order valence-electron chi connectivity index (χ0n) is 18.9. The van der Waals surface area contributed by atoms with Crippen LogP contribution in [-0.2, 0) is 35.3 Å². The molecule has 0 aromatic heterocycles. The average molecular weight is 409 g/mol. The second kappa shape index (κ2) is 12.2. The van der Waals surface area contributed by atoms with Gasteiger partial charge in [-0.25, -0.2) is 0 Å². The Labute approximate surface area is 181 Å². The molecule has 2 aromatic rings. The molecule has 2 aromatic carbocycles. The molecule has 0 aliphatic rings. The lowest BCUT2D eigenvalue weighted by Crippen LogP contribution is -2.16. The molecule has 2 amide bonds. The van der Waals surface area contributed by atoms with Crippen molar-refractivity contribution in [1.82, 2.24) is 0 Å². The number of rotatable bonds is 11. The third kappa shape index (κ3) is 6.45. The van der Waals surface area contributed by atoms with Crippen LogP contribution in [0.2, 0.25) is 0 Å². The number of amides is 2. The Hall–Kier alpha value is -2.62. The van der Waals surface area contributed by atoms with Gasteiger partial charge in [-0.15, -0.1) is 0 Å². The van der Waals surface area contributed by atoms with Gasteiger partial charge in [0.25, 0.3) is 0 Å². The summed E-state index contributed by atoms with van der Waals surface area (Å²) in [7, 11) is 0. The maximum absolute atomic E-state index is 12.4. The van der Waals surface area contributed by atoms with Gasteiger partial charge >= 0.3 is 0 Å². The van der Waals surface area contributed by atoms with E-state index in [1.54, 1.807) is 0 Å². The lowest BCUT2D eigenvalue weighted by Gasteiger charge is -2.15. The fourth-order valence-corrected chi connectivity index (χ4v) is 3.78. The van der Waals surface area contributed by atoms with E-state index in [0.717, 1.165) is 37.1 Å². The van der Waals surface area contributed by atoms with Gasteiger partial charge in [0.2, 0.25) is 11.8 Å². The number of nitrogens with one attached hydrogen (secondary N) is 2. The molecule has 2 N–H and O–H groups in total. The van der Waals surface area contributed by atoms with Crippen molar-refractivity contribution < 1.29 is 9.59 Å². The van der Waals surface area contributed by atoms with Crippen LogP contribution in [0.4, 0.5) is 11.4 Å². The van der Waals surface area contributed by atoms with E-state index in [1.807, 2.05) is 12.1 Å². The maximum atomic E-state index is 12.4. The van der Waals surface area contributed by atoms with E-state index in [-0.39, 0.29) is 11.8 Å². The fourth-order valence-electron chi connectivity index (χ4n) is 3.78. The molecular formula is C26H36N2O2. The van der Waals surface area contributed by atoms with Crippen molar-refractivity contribution in [3.05, 3.63) is 58.7 Å². The van der Waals surface area contributed by atoms with Gasteiger partial charge in [0.05, 0.1) is 0 Å². The Bertz CT molecular complexity index is 742. The highest BCUT2D eigenvalue weighted by Gasteiger charge is 2.12. The largest absolute Gasteiger partial charge is 0.326 e. The van der Waals surface area contributed by atoms with Gasteiger partial charge < -0.3 is 10.6 Å². The summed E-state index contributed by atoms with van der Waals surface area (Å²) in [4.78, 5) is 24.9. The molecule has 2 rings (SSSR count). The predicted molar refractivity (Wildman–Crippen MR) is 126 cm³/mol. The summed E-state index contributed by atoms with van der Waals surface area (Å²) in [5.74, 6) is 0.0474. The summed E-state index contributed by atoms with van der Waals surface area (Å²) < 4.78 is 0. The number of para-hydroxylation sites is 2.